The number of aromatic nitrogens is 3. The normalized spacial score (nSPS) is 13.0. The summed E-state index contributed by atoms with van der Waals surface area (Å²) in [7, 11) is 0. The van der Waals surface area contributed by atoms with Gasteiger partial charge in [-0.25, -0.2) is 9.67 Å². The lowest BCUT2D eigenvalue weighted by molar-refractivity contribution is 0.325. The third-order valence-corrected chi connectivity index (χ3v) is 3.60. The van der Waals surface area contributed by atoms with Crippen LogP contribution in [-0.2, 0) is 12.8 Å². The summed E-state index contributed by atoms with van der Waals surface area (Å²) in [6.45, 7) is 0.639. The minimum Gasteiger partial charge on any atom is -0.491 e. The molecule has 0 radical (unpaired) electrons. The Morgan fingerprint density at radius 3 is 2.71 bits per heavy atom. The van der Waals surface area contributed by atoms with Crippen LogP contribution >= 0.6 is 0 Å². The van der Waals surface area contributed by atoms with Crippen molar-refractivity contribution < 1.29 is 4.74 Å². The highest BCUT2D eigenvalue weighted by molar-refractivity contribution is 5.47. The van der Waals surface area contributed by atoms with Crippen LogP contribution in [0.25, 0.3) is 5.69 Å². The Bertz CT molecular complexity index is 765. The zero-order chi connectivity index (χ0) is 14.1. The second-order valence-electron chi connectivity index (χ2n) is 5.08. The average molecular weight is 277 g/mol. The summed E-state index contributed by atoms with van der Waals surface area (Å²) in [5.74, 6) is 2.69. The SMILES string of the molecule is c1ccc(Cc2nc3n(n2)-c2ccccc2OCC3)cc1. The van der Waals surface area contributed by atoms with Gasteiger partial charge in [0.2, 0.25) is 0 Å². The first-order chi connectivity index (χ1) is 10.4. The third-order valence-electron chi connectivity index (χ3n) is 3.60. The quantitative estimate of drug-likeness (QED) is 0.723. The Labute approximate surface area is 123 Å². The Hall–Kier alpha value is -2.62. The van der Waals surface area contributed by atoms with Crippen LogP contribution < -0.4 is 4.74 Å². The van der Waals surface area contributed by atoms with Gasteiger partial charge in [-0.1, -0.05) is 42.5 Å². The summed E-state index contributed by atoms with van der Waals surface area (Å²) in [6.07, 6.45) is 1.53. The summed E-state index contributed by atoms with van der Waals surface area (Å²) in [5.41, 5.74) is 2.19. The number of hydrogen-bond acceptors (Lipinski definition) is 3. The number of nitrogens with zero attached hydrogens (tertiary/aromatic N) is 3. The highest BCUT2D eigenvalue weighted by Crippen LogP contribution is 2.26. The summed E-state index contributed by atoms with van der Waals surface area (Å²) >= 11 is 0. The lowest BCUT2D eigenvalue weighted by atomic mass is 10.1. The second-order valence-corrected chi connectivity index (χ2v) is 5.08. The molecule has 104 valence electrons. The van der Waals surface area contributed by atoms with Gasteiger partial charge in [-0.15, -0.1) is 0 Å². The second kappa shape index (κ2) is 5.05. The molecule has 2 heterocycles. The van der Waals surface area contributed by atoms with E-state index in [9.17, 15) is 0 Å². The smallest absolute Gasteiger partial charge is 0.155 e. The monoisotopic (exact) mass is 277 g/mol. The first kappa shape index (κ1) is 12.1. The van der Waals surface area contributed by atoms with Crippen molar-refractivity contribution >= 4 is 0 Å². The molecule has 1 aromatic heterocycles. The van der Waals surface area contributed by atoms with Crippen LogP contribution in [0, 0.1) is 0 Å². The van der Waals surface area contributed by atoms with Gasteiger partial charge in [0.1, 0.15) is 17.3 Å². The third kappa shape index (κ3) is 2.29. The molecule has 3 aromatic rings. The van der Waals surface area contributed by atoms with E-state index in [1.165, 1.54) is 5.56 Å². The predicted octanol–water partition coefficient (Wildman–Crippen LogP) is 2.79. The minimum absolute atomic E-state index is 0.639. The summed E-state index contributed by atoms with van der Waals surface area (Å²) in [5, 5.41) is 4.67. The zero-order valence-corrected chi connectivity index (χ0v) is 11.6. The summed E-state index contributed by atoms with van der Waals surface area (Å²) in [6, 6.07) is 18.3. The van der Waals surface area contributed by atoms with Gasteiger partial charge >= 0.3 is 0 Å². The maximum Gasteiger partial charge on any atom is 0.155 e. The number of benzene rings is 2. The molecule has 4 nitrogen and oxygen atoms in total. The van der Waals surface area contributed by atoms with Gasteiger partial charge in [0.15, 0.2) is 5.82 Å². The standard InChI is InChI=1S/C17H15N3O/c1-2-6-13(7-3-1)12-16-18-17-10-11-21-15-9-5-4-8-14(15)20(17)19-16/h1-9H,10-12H2. The van der Waals surface area contributed by atoms with E-state index in [-0.39, 0.29) is 0 Å². The molecule has 1 aliphatic heterocycles. The van der Waals surface area contributed by atoms with Crippen LogP contribution in [0.2, 0.25) is 0 Å². The molecule has 21 heavy (non-hydrogen) atoms. The molecule has 4 heteroatoms. The van der Waals surface area contributed by atoms with Crippen molar-refractivity contribution in [3.63, 3.8) is 0 Å². The Morgan fingerprint density at radius 2 is 1.81 bits per heavy atom. The van der Waals surface area contributed by atoms with Gasteiger partial charge in [-0.3, -0.25) is 0 Å². The van der Waals surface area contributed by atoms with E-state index in [2.05, 4.69) is 22.2 Å². The van der Waals surface area contributed by atoms with Crippen molar-refractivity contribution in [2.75, 3.05) is 6.61 Å². The average Bonchev–Trinajstić information content (AvgIpc) is 2.83. The van der Waals surface area contributed by atoms with E-state index in [1.807, 2.05) is 47.1 Å². The number of rotatable bonds is 2. The minimum atomic E-state index is 0.639. The van der Waals surface area contributed by atoms with Crippen molar-refractivity contribution in [1.82, 2.24) is 14.8 Å². The van der Waals surface area contributed by atoms with Crippen molar-refractivity contribution in [1.29, 1.82) is 0 Å². The maximum absolute atomic E-state index is 5.75. The van der Waals surface area contributed by atoms with Crippen LogP contribution in [0.3, 0.4) is 0 Å². The van der Waals surface area contributed by atoms with E-state index in [4.69, 9.17) is 4.74 Å². The molecule has 0 atom stereocenters. The van der Waals surface area contributed by atoms with Gasteiger partial charge in [0, 0.05) is 12.8 Å². The van der Waals surface area contributed by atoms with Crippen LogP contribution in [0.5, 0.6) is 5.75 Å². The molecular formula is C17H15N3O. The van der Waals surface area contributed by atoms with E-state index >= 15 is 0 Å². The van der Waals surface area contributed by atoms with Gasteiger partial charge in [0.05, 0.1) is 6.61 Å². The summed E-state index contributed by atoms with van der Waals surface area (Å²) in [4.78, 5) is 4.68. The number of para-hydroxylation sites is 2. The Kier molecular flexibility index (Phi) is 2.92. The van der Waals surface area contributed by atoms with Crippen molar-refractivity contribution in [3.05, 3.63) is 71.8 Å². The van der Waals surface area contributed by atoms with Crippen LogP contribution in [0.4, 0.5) is 0 Å². The molecule has 2 aromatic carbocycles. The molecule has 0 unspecified atom stereocenters. The first-order valence-corrected chi connectivity index (χ1v) is 7.11. The molecule has 0 spiro atoms. The van der Waals surface area contributed by atoms with Crippen molar-refractivity contribution in [3.8, 4) is 11.4 Å². The molecule has 0 bridgehead atoms. The molecule has 0 amide bonds. The number of hydrogen-bond donors (Lipinski definition) is 0. The van der Waals surface area contributed by atoms with E-state index in [0.29, 0.717) is 6.61 Å². The highest BCUT2D eigenvalue weighted by atomic mass is 16.5. The van der Waals surface area contributed by atoms with Gasteiger partial charge in [-0.05, 0) is 17.7 Å². The lowest BCUT2D eigenvalue weighted by Gasteiger charge is -2.06. The predicted molar refractivity (Wildman–Crippen MR) is 79.8 cm³/mol. The molecule has 0 saturated heterocycles. The summed E-state index contributed by atoms with van der Waals surface area (Å²) < 4.78 is 7.66. The maximum atomic E-state index is 5.75. The molecule has 4 rings (SSSR count). The fraction of sp³-hybridized carbons (Fsp3) is 0.176. The zero-order valence-electron chi connectivity index (χ0n) is 11.6. The Morgan fingerprint density at radius 1 is 1.00 bits per heavy atom. The fourth-order valence-corrected chi connectivity index (χ4v) is 2.61. The molecular weight excluding hydrogens is 262 g/mol. The van der Waals surface area contributed by atoms with Crippen LogP contribution in [0.1, 0.15) is 17.2 Å². The van der Waals surface area contributed by atoms with E-state index in [0.717, 1.165) is 35.9 Å². The first-order valence-electron chi connectivity index (χ1n) is 7.11. The molecule has 0 fully saturated rings. The van der Waals surface area contributed by atoms with Gasteiger partial charge < -0.3 is 4.74 Å². The molecule has 0 N–H and O–H groups in total. The van der Waals surface area contributed by atoms with E-state index in [1.54, 1.807) is 0 Å². The van der Waals surface area contributed by atoms with Gasteiger partial charge in [0.25, 0.3) is 0 Å². The molecule has 0 aliphatic carbocycles. The van der Waals surface area contributed by atoms with Crippen LogP contribution in [-0.4, -0.2) is 21.4 Å². The number of ether oxygens (including phenoxy) is 1. The number of fused-ring (bicyclic) bond motifs is 3. The van der Waals surface area contributed by atoms with Gasteiger partial charge in [-0.2, -0.15) is 5.10 Å². The molecule has 0 saturated carbocycles. The van der Waals surface area contributed by atoms with Crippen molar-refractivity contribution in [2.45, 2.75) is 12.8 Å². The highest BCUT2D eigenvalue weighted by Gasteiger charge is 2.18. The largest absolute Gasteiger partial charge is 0.491 e. The van der Waals surface area contributed by atoms with Crippen molar-refractivity contribution in [2.24, 2.45) is 0 Å². The fourth-order valence-electron chi connectivity index (χ4n) is 2.61. The molecule has 1 aliphatic rings. The Balaban J connectivity index is 1.73. The van der Waals surface area contributed by atoms with E-state index < -0.39 is 0 Å². The topological polar surface area (TPSA) is 39.9 Å². The lowest BCUT2D eigenvalue weighted by Crippen LogP contribution is -2.01. The van der Waals surface area contributed by atoms with Crippen LogP contribution in [0.15, 0.2) is 54.6 Å².